The van der Waals surface area contributed by atoms with Crippen molar-refractivity contribution < 1.29 is 14.1 Å². The Kier molecular flexibility index (Phi) is 5.94. The van der Waals surface area contributed by atoms with E-state index >= 15 is 0 Å². The van der Waals surface area contributed by atoms with Crippen molar-refractivity contribution in [3.63, 3.8) is 0 Å². The van der Waals surface area contributed by atoms with Gasteiger partial charge in [-0.15, -0.1) is 0 Å². The van der Waals surface area contributed by atoms with E-state index in [1.54, 1.807) is 12.3 Å². The molecule has 2 atom stereocenters. The smallest absolute Gasteiger partial charge is 0.337 e. The Labute approximate surface area is 109 Å². The van der Waals surface area contributed by atoms with Crippen LogP contribution in [0.3, 0.4) is 0 Å². The summed E-state index contributed by atoms with van der Waals surface area (Å²) in [5.74, 6) is -0.291. The molecule has 0 spiro atoms. The van der Waals surface area contributed by atoms with Gasteiger partial charge in [-0.3, -0.25) is 9.19 Å². The van der Waals surface area contributed by atoms with Gasteiger partial charge in [-0.1, -0.05) is 0 Å². The van der Waals surface area contributed by atoms with Crippen LogP contribution >= 0.6 is 0 Å². The van der Waals surface area contributed by atoms with Crippen molar-refractivity contribution in [2.24, 2.45) is 0 Å². The summed E-state index contributed by atoms with van der Waals surface area (Å²) in [6, 6.07) is 3.49. The molecule has 6 heteroatoms. The average Bonchev–Trinajstić information content (AvgIpc) is 2.34. The second-order valence-electron chi connectivity index (χ2n) is 4.19. The first kappa shape index (κ1) is 14.8. The van der Waals surface area contributed by atoms with Crippen LogP contribution < -0.4 is 5.32 Å². The molecule has 0 aliphatic rings. The Bertz CT molecular complexity index is 420. The monoisotopic (exact) mass is 270 g/mol. The zero-order chi connectivity index (χ0) is 13.5. The maximum Gasteiger partial charge on any atom is 0.337 e. The second kappa shape index (κ2) is 7.23. The number of carboxylic acids is 1. The van der Waals surface area contributed by atoms with E-state index in [-0.39, 0.29) is 11.6 Å². The van der Waals surface area contributed by atoms with Gasteiger partial charge < -0.3 is 10.4 Å². The van der Waals surface area contributed by atoms with Crippen LogP contribution in [0, 0.1) is 0 Å². The number of rotatable bonds is 7. The molecule has 0 fully saturated rings. The summed E-state index contributed by atoms with van der Waals surface area (Å²) in [6.45, 7) is 2.61. The zero-order valence-corrected chi connectivity index (χ0v) is 11.4. The molecule has 1 aromatic heterocycles. The standard InChI is InChI=1S/C12H18N2O3S/c1-9(5-6-18(2)17)13-8-11-4-3-10(7-14-11)12(15)16/h3-4,7,9,13H,5-6,8H2,1-2H3,(H,15,16). The summed E-state index contributed by atoms with van der Waals surface area (Å²) in [6.07, 6.45) is 3.89. The molecule has 0 aromatic carbocycles. The van der Waals surface area contributed by atoms with Crippen LogP contribution in [0.4, 0.5) is 0 Å². The predicted molar refractivity (Wildman–Crippen MR) is 71.0 cm³/mol. The third kappa shape index (κ3) is 5.37. The Hall–Kier alpha value is -1.27. The topological polar surface area (TPSA) is 79.3 Å². The van der Waals surface area contributed by atoms with Crippen molar-refractivity contribution in [1.82, 2.24) is 10.3 Å². The molecule has 1 aromatic rings. The third-order valence-corrected chi connectivity index (χ3v) is 3.35. The number of aromatic carboxylic acids is 1. The zero-order valence-electron chi connectivity index (χ0n) is 10.5. The van der Waals surface area contributed by atoms with Gasteiger partial charge in [0.15, 0.2) is 0 Å². The van der Waals surface area contributed by atoms with Gasteiger partial charge in [0.2, 0.25) is 0 Å². The summed E-state index contributed by atoms with van der Waals surface area (Å²) < 4.78 is 10.9. The van der Waals surface area contributed by atoms with E-state index in [2.05, 4.69) is 10.3 Å². The van der Waals surface area contributed by atoms with Gasteiger partial charge in [0.25, 0.3) is 0 Å². The van der Waals surface area contributed by atoms with E-state index in [1.165, 1.54) is 12.3 Å². The quantitative estimate of drug-likeness (QED) is 0.773. The molecular formula is C12H18N2O3S. The second-order valence-corrected chi connectivity index (χ2v) is 5.75. The minimum Gasteiger partial charge on any atom is -0.478 e. The van der Waals surface area contributed by atoms with E-state index < -0.39 is 16.8 Å². The van der Waals surface area contributed by atoms with Crippen LogP contribution in [0.15, 0.2) is 18.3 Å². The first-order valence-electron chi connectivity index (χ1n) is 5.70. The first-order chi connectivity index (χ1) is 8.49. The van der Waals surface area contributed by atoms with Crippen molar-refractivity contribution in [2.45, 2.75) is 25.9 Å². The Morgan fingerprint density at radius 2 is 2.28 bits per heavy atom. The van der Waals surface area contributed by atoms with E-state index in [9.17, 15) is 9.00 Å². The van der Waals surface area contributed by atoms with Crippen molar-refractivity contribution in [2.75, 3.05) is 12.0 Å². The number of pyridine rings is 1. The summed E-state index contributed by atoms with van der Waals surface area (Å²) >= 11 is 0. The molecule has 2 N–H and O–H groups in total. The predicted octanol–water partition coefficient (Wildman–Crippen LogP) is 1.03. The van der Waals surface area contributed by atoms with Crippen LogP contribution in [0.2, 0.25) is 0 Å². The van der Waals surface area contributed by atoms with Gasteiger partial charge in [0.1, 0.15) is 0 Å². The molecule has 5 nitrogen and oxygen atoms in total. The van der Waals surface area contributed by atoms with Crippen molar-refractivity contribution >= 4 is 16.8 Å². The highest BCUT2D eigenvalue weighted by Crippen LogP contribution is 2.01. The fraction of sp³-hybridized carbons (Fsp3) is 0.500. The number of carbonyl (C=O) groups is 1. The third-order valence-electron chi connectivity index (χ3n) is 2.54. The molecule has 0 amide bonds. The first-order valence-corrected chi connectivity index (χ1v) is 7.43. The molecule has 100 valence electrons. The van der Waals surface area contributed by atoms with Gasteiger partial charge in [-0.2, -0.15) is 0 Å². The number of nitrogens with zero attached hydrogens (tertiary/aromatic N) is 1. The van der Waals surface area contributed by atoms with E-state index in [1.807, 2.05) is 6.92 Å². The van der Waals surface area contributed by atoms with Crippen LogP contribution in [0.5, 0.6) is 0 Å². The highest BCUT2D eigenvalue weighted by Gasteiger charge is 2.05. The summed E-state index contributed by atoms with van der Waals surface area (Å²) in [4.78, 5) is 14.7. The largest absolute Gasteiger partial charge is 0.478 e. The number of hydrogen-bond donors (Lipinski definition) is 2. The van der Waals surface area contributed by atoms with Gasteiger partial charge in [0.05, 0.1) is 11.3 Å². The normalized spacial score (nSPS) is 14.1. The highest BCUT2D eigenvalue weighted by atomic mass is 32.2. The fourth-order valence-corrected chi connectivity index (χ4v) is 2.06. The van der Waals surface area contributed by atoms with Gasteiger partial charge >= 0.3 is 5.97 Å². The molecule has 0 saturated heterocycles. The number of nitrogens with one attached hydrogen (secondary N) is 1. The van der Waals surface area contributed by atoms with Crippen LogP contribution in [0.25, 0.3) is 0 Å². The van der Waals surface area contributed by atoms with Crippen molar-refractivity contribution in [3.05, 3.63) is 29.6 Å². The maximum absolute atomic E-state index is 10.9. The molecular weight excluding hydrogens is 252 g/mol. The summed E-state index contributed by atoms with van der Waals surface area (Å²) in [7, 11) is -0.763. The van der Waals surface area contributed by atoms with Crippen LogP contribution in [0.1, 0.15) is 29.4 Å². The molecule has 18 heavy (non-hydrogen) atoms. The molecule has 0 radical (unpaired) electrons. The van der Waals surface area contributed by atoms with Crippen molar-refractivity contribution in [3.8, 4) is 0 Å². The molecule has 0 aliphatic heterocycles. The van der Waals surface area contributed by atoms with Crippen molar-refractivity contribution in [1.29, 1.82) is 0 Å². The van der Waals surface area contributed by atoms with E-state index in [0.717, 1.165) is 12.1 Å². The molecule has 2 unspecified atom stereocenters. The Morgan fingerprint density at radius 1 is 1.56 bits per heavy atom. The van der Waals surface area contributed by atoms with Gasteiger partial charge in [-0.05, 0) is 25.5 Å². The minimum atomic E-state index is -0.971. The van der Waals surface area contributed by atoms with Crippen LogP contribution in [-0.2, 0) is 17.3 Å². The minimum absolute atomic E-state index is 0.188. The highest BCUT2D eigenvalue weighted by molar-refractivity contribution is 7.84. The number of aromatic nitrogens is 1. The van der Waals surface area contributed by atoms with Crippen LogP contribution in [-0.4, -0.2) is 38.3 Å². The lowest BCUT2D eigenvalue weighted by Crippen LogP contribution is -2.27. The lowest BCUT2D eigenvalue weighted by atomic mass is 10.2. The number of hydrogen-bond acceptors (Lipinski definition) is 4. The Morgan fingerprint density at radius 3 is 2.78 bits per heavy atom. The fourth-order valence-electron chi connectivity index (χ4n) is 1.38. The SMILES string of the molecule is CC(CCS(C)=O)NCc1ccc(C(=O)O)cn1. The van der Waals surface area contributed by atoms with Gasteiger partial charge in [-0.25, -0.2) is 4.79 Å². The summed E-state index contributed by atoms with van der Waals surface area (Å²) in [5.41, 5.74) is 0.984. The molecule has 0 saturated carbocycles. The van der Waals surface area contributed by atoms with Gasteiger partial charge in [0, 0.05) is 41.6 Å². The molecule has 0 aliphatic carbocycles. The Balaban J connectivity index is 2.39. The van der Waals surface area contributed by atoms with E-state index in [4.69, 9.17) is 5.11 Å². The lowest BCUT2D eigenvalue weighted by Gasteiger charge is -2.12. The van der Waals surface area contributed by atoms with E-state index in [0.29, 0.717) is 12.3 Å². The average molecular weight is 270 g/mol. The maximum atomic E-state index is 10.9. The summed E-state index contributed by atoms with van der Waals surface area (Å²) in [5, 5.41) is 12.0. The molecule has 1 rings (SSSR count). The molecule has 0 bridgehead atoms. The number of carboxylic acid groups (broad SMARTS) is 1. The molecule has 1 heterocycles. The lowest BCUT2D eigenvalue weighted by molar-refractivity contribution is 0.0696.